The van der Waals surface area contributed by atoms with Crippen molar-refractivity contribution in [1.82, 2.24) is 10.3 Å². The number of hydrogen-bond donors (Lipinski definition) is 1. The van der Waals surface area contributed by atoms with Crippen molar-refractivity contribution >= 4 is 11.6 Å². The molecular weight excluding hydrogens is 251 g/mol. The second-order valence-electron chi connectivity index (χ2n) is 4.11. The van der Waals surface area contributed by atoms with Crippen LogP contribution < -0.4 is 5.32 Å². The van der Waals surface area contributed by atoms with E-state index >= 15 is 0 Å². The summed E-state index contributed by atoms with van der Waals surface area (Å²) in [5.74, 6) is -0.315. The van der Waals surface area contributed by atoms with Gasteiger partial charge < -0.3 is 5.32 Å². The Morgan fingerprint density at radius 1 is 1.28 bits per heavy atom. The Morgan fingerprint density at radius 3 is 2.83 bits per heavy atom. The Morgan fingerprint density at radius 2 is 2.11 bits per heavy atom. The number of nitrogens with one attached hydrogen (secondary N) is 1. The van der Waals surface area contributed by atoms with Crippen LogP contribution >= 0.6 is 11.6 Å². The lowest BCUT2D eigenvalue weighted by Crippen LogP contribution is -2.14. The number of rotatable bonds is 4. The van der Waals surface area contributed by atoms with E-state index in [0.29, 0.717) is 18.1 Å². The highest BCUT2D eigenvalue weighted by Crippen LogP contribution is 2.17. The standard InChI is InChI=1S/C14H14ClFN2/c1-10-3-2-6-18-14(10)9-17-8-11-4-5-12(16)7-13(11)15/h2-7,17H,8-9H2,1H3. The van der Waals surface area contributed by atoms with Crippen LogP contribution in [0.25, 0.3) is 0 Å². The summed E-state index contributed by atoms with van der Waals surface area (Å²) in [6.07, 6.45) is 1.77. The maximum Gasteiger partial charge on any atom is 0.124 e. The van der Waals surface area contributed by atoms with E-state index in [1.54, 1.807) is 12.3 Å². The van der Waals surface area contributed by atoms with Gasteiger partial charge in [-0.3, -0.25) is 4.98 Å². The molecule has 0 atom stereocenters. The molecule has 0 aliphatic carbocycles. The third-order valence-electron chi connectivity index (χ3n) is 2.74. The highest BCUT2D eigenvalue weighted by molar-refractivity contribution is 6.31. The molecule has 1 aromatic carbocycles. The Labute approximate surface area is 111 Å². The molecule has 2 aromatic rings. The van der Waals surface area contributed by atoms with Crippen molar-refractivity contribution in [2.75, 3.05) is 0 Å². The Kier molecular flexibility index (Phi) is 4.28. The first kappa shape index (κ1) is 13.0. The lowest BCUT2D eigenvalue weighted by Gasteiger charge is -2.08. The molecule has 0 aliphatic rings. The molecule has 0 aliphatic heterocycles. The molecule has 18 heavy (non-hydrogen) atoms. The predicted molar refractivity (Wildman–Crippen MR) is 70.9 cm³/mol. The van der Waals surface area contributed by atoms with Crippen LogP contribution in [0, 0.1) is 12.7 Å². The van der Waals surface area contributed by atoms with Crippen molar-refractivity contribution in [1.29, 1.82) is 0 Å². The average molecular weight is 265 g/mol. The van der Waals surface area contributed by atoms with Crippen molar-refractivity contribution in [3.05, 3.63) is 64.2 Å². The monoisotopic (exact) mass is 264 g/mol. The first-order valence-electron chi connectivity index (χ1n) is 5.72. The lowest BCUT2D eigenvalue weighted by atomic mass is 10.2. The highest BCUT2D eigenvalue weighted by Gasteiger charge is 2.03. The molecular formula is C14H14ClFN2. The number of benzene rings is 1. The number of nitrogens with zero attached hydrogens (tertiary/aromatic N) is 1. The van der Waals surface area contributed by atoms with Crippen LogP contribution in [0.3, 0.4) is 0 Å². The van der Waals surface area contributed by atoms with Crippen LogP contribution in [0.1, 0.15) is 16.8 Å². The first-order chi connectivity index (χ1) is 8.66. The summed E-state index contributed by atoms with van der Waals surface area (Å²) >= 11 is 5.95. The Hall–Kier alpha value is -1.45. The van der Waals surface area contributed by atoms with E-state index in [2.05, 4.69) is 10.3 Å². The molecule has 0 amide bonds. The van der Waals surface area contributed by atoms with Crippen molar-refractivity contribution in [2.45, 2.75) is 20.0 Å². The van der Waals surface area contributed by atoms with E-state index in [0.717, 1.165) is 16.8 Å². The van der Waals surface area contributed by atoms with E-state index in [1.165, 1.54) is 12.1 Å². The van der Waals surface area contributed by atoms with Crippen LogP contribution in [-0.2, 0) is 13.1 Å². The van der Waals surface area contributed by atoms with Gasteiger partial charge in [-0.2, -0.15) is 0 Å². The minimum Gasteiger partial charge on any atom is -0.307 e. The third-order valence-corrected chi connectivity index (χ3v) is 3.09. The van der Waals surface area contributed by atoms with Crippen molar-refractivity contribution < 1.29 is 4.39 Å². The van der Waals surface area contributed by atoms with Gasteiger partial charge in [0.2, 0.25) is 0 Å². The summed E-state index contributed by atoms with van der Waals surface area (Å²) in [4.78, 5) is 4.29. The van der Waals surface area contributed by atoms with Gasteiger partial charge in [-0.25, -0.2) is 4.39 Å². The number of aromatic nitrogens is 1. The summed E-state index contributed by atoms with van der Waals surface area (Å²) in [6.45, 7) is 3.28. The van der Waals surface area contributed by atoms with E-state index in [1.807, 2.05) is 19.1 Å². The molecule has 1 aromatic heterocycles. The van der Waals surface area contributed by atoms with Gasteiger partial charge in [-0.15, -0.1) is 0 Å². The number of aryl methyl sites for hydroxylation is 1. The van der Waals surface area contributed by atoms with Crippen LogP contribution in [0.5, 0.6) is 0 Å². The second-order valence-corrected chi connectivity index (χ2v) is 4.51. The number of halogens is 2. The minimum absolute atomic E-state index is 0.315. The molecule has 0 spiro atoms. The lowest BCUT2D eigenvalue weighted by molar-refractivity contribution is 0.624. The zero-order valence-corrected chi connectivity index (χ0v) is 10.8. The summed E-state index contributed by atoms with van der Waals surface area (Å²) in [7, 11) is 0. The van der Waals surface area contributed by atoms with Gasteiger partial charge in [0, 0.05) is 24.3 Å². The van der Waals surface area contributed by atoms with E-state index in [9.17, 15) is 4.39 Å². The van der Waals surface area contributed by atoms with Crippen molar-refractivity contribution in [2.24, 2.45) is 0 Å². The molecule has 2 rings (SSSR count). The molecule has 4 heteroatoms. The Balaban J connectivity index is 1.95. The summed E-state index contributed by atoms with van der Waals surface area (Å²) in [6, 6.07) is 8.36. The molecule has 0 saturated carbocycles. The second kappa shape index (κ2) is 5.94. The van der Waals surface area contributed by atoms with Crippen molar-refractivity contribution in [3.63, 3.8) is 0 Å². The largest absolute Gasteiger partial charge is 0.307 e. The summed E-state index contributed by atoms with van der Waals surface area (Å²) < 4.78 is 12.9. The predicted octanol–water partition coefficient (Wildman–Crippen LogP) is 3.47. The quantitative estimate of drug-likeness (QED) is 0.915. The van der Waals surface area contributed by atoms with E-state index in [-0.39, 0.29) is 5.82 Å². The van der Waals surface area contributed by atoms with E-state index in [4.69, 9.17) is 11.6 Å². The van der Waals surface area contributed by atoms with Gasteiger partial charge >= 0.3 is 0 Å². The molecule has 94 valence electrons. The smallest absolute Gasteiger partial charge is 0.124 e. The molecule has 2 nitrogen and oxygen atoms in total. The summed E-state index contributed by atoms with van der Waals surface area (Å²) in [5, 5.41) is 3.69. The first-order valence-corrected chi connectivity index (χ1v) is 6.10. The molecule has 0 unspecified atom stereocenters. The average Bonchev–Trinajstić information content (AvgIpc) is 2.34. The maximum atomic E-state index is 12.9. The topological polar surface area (TPSA) is 24.9 Å². The minimum atomic E-state index is -0.315. The molecule has 1 N–H and O–H groups in total. The van der Waals surface area contributed by atoms with Crippen LogP contribution in [0.4, 0.5) is 4.39 Å². The fourth-order valence-corrected chi connectivity index (χ4v) is 1.92. The van der Waals surface area contributed by atoms with Gasteiger partial charge in [-0.1, -0.05) is 23.7 Å². The fourth-order valence-electron chi connectivity index (χ4n) is 1.68. The maximum absolute atomic E-state index is 12.9. The van der Waals surface area contributed by atoms with Gasteiger partial charge in [0.25, 0.3) is 0 Å². The van der Waals surface area contributed by atoms with Crippen LogP contribution in [0.2, 0.25) is 5.02 Å². The van der Waals surface area contributed by atoms with Gasteiger partial charge in [-0.05, 0) is 36.2 Å². The molecule has 0 saturated heterocycles. The number of hydrogen-bond acceptors (Lipinski definition) is 2. The Bertz CT molecular complexity index is 543. The zero-order chi connectivity index (χ0) is 13.0. The van der Waals surface area contributed by atoms with Gasteiger partial charge in [0.05, 0.1) is 5.69 Å². The van der Waals surface area contributed by atoms with Crippen LogP contribution in [0.15, 0.2) is 36.5 Å². The fraction of sp³-hybridized carbons (Fsp3) is 0.214. The zero-order valence-electron chi connectivity index (χ0n) is 10.1. The molecule has 1 heterocycles. The van der Waals surface area contributed by atoms with Crippen LogP contribution in [-0.4, -0.2) is 4.98 Å². The third kappa shape index (κ3) is 3.28. The molecule has 0 bridgehead atoms. The van der Waals surface area contributed by atoms with Gasteiger partial charge in [0.1, 0.15) is 5.82 Å². The highest BCUT2D eigenvalue weighted by atomic mass is 35.5. The molecule has 0 radical (unpaired) electrons. The number of pyridine rings is 1. The van der Waals surface area contributed by atoms with E-state index < -0.39 is 0 Å². The van der Waals surface area contributed by atoms with Crippen molar-refractivity contribution in [3.8, 4) is 0 Å². The molecule has 0 fully saturated rings. The SMILES string of the molecule is Cc1cccnc1CNCc1ccc(F)cc1Cl. The summed E-state index contributed by atoms with van der Waals surface area (Å²) in [5.41, 5.74) is 3.04. The van der Waals surface area contributed by atoms with Gasteiger partial charge in [0.15, 0.2) is 0 Å². The normalized spacial score (nSPS) is 10.6.